The number of carbonyl (C=O) groups excluding carboxylic acids is 1. The van der Waals surface area contributed by atoms with Gasteiger partial charge in [-0.3, -0.25) is 0 Å². The molecular weight excluding hydrogens is 348 g/mol. The van der Waals surface area contributed by atoms with Gasteiger partial charge in [0.05, 0.1) is 13.1 Å². The van der Waals surface area contributed by atoms with Crippen molar-refractivity contribution in [1.82, 2.24) is 10.6 Å². The average Bonchev–Trinajstić information content (AvgIpc) is 3.03. The highest BCUT2D eigenvalue weighted by Gasteiger charge is 2.09. The molecule has 0 spiro atoms. The molecule has 0 saturated heterocycles. The summed E-state index contributed by atoms with van der Waals surface area (Å²) < 4.78 is 6.00. The first-order valence-corrected chi connectivity index (χ1v) is 7.28. The van der Waals surface area contributed by atoms with Crippen molar-refractivity contribution >= 4 is 39.3 Å². The van der Waals surface area contributed by atoms with Crippen LogP contribution in [0.15, 0.2) is 32.5 Å². The second-order valence-corrected chi connectivity index (χ2v) is 5.75. The molecule has 2 aromatic rings. The number of thiophene rings is 1. The average molecular weight is 359 g/mol. The number of rotatable bonds is 5. The third-order valence-corrected chi connectivity index (χ3v) is 4.04. The fraction of sp³-hybridized carbons (Fsp3) is 0.167. The number of carboxylic acid groups (broad SMARTS) is 1. The van der Waals surface area contributed by atoms with E-state index in [1.807, 2.05) is 11.4 Å². The van der Waals surface area contributed by atoms with Gasteiger partial charge in [-0.15, -0.1) is 11.3 Å². The van der Waals surface area contributed by atoms with Crippen LogP contribution in [0.4, 0.5) is 4.79 Å². The normalized spacial score (nSPS) is 10.2. The van der Waals surface area contributed by atoms with Crippen LogP contribution in [0, 0.1) is 0 Å². The number of aromatic carboxylic acids is 1. The molecule has 0 unspecified atom stereocenters. The number of furan rings is 1. The van der Waals surface area contributed by atoms with Gasteiger partial charge in [0.15, 0.2) is 0 Å². The predicted molar refractivity (Wildman–Crippen MR) is 76.8 cm³/mol. The van der Waals surface area contributed by atoms with Crippen LogP contribution >= 0.6 is 27.3 Å². The van der Waals surface area contributed by atoms with Gasteiger partial charge in [0.25, 0.3) is 0 Å². The van der Waals surface area contributed by atoms with E-state index >= 15 is 0 Å². The Morgan fingerprint density at radius 3 is 2.65 bits per heavy atom. The van der Waals surface area contributed by atoms with Crippen LogP contribution in [0.3, 0.4) is 0 Å². The molecule has 0 fully saturated rings. The Morgan fingerprint density at radius 1 is 1.30 bits per heavy atom. The van der Waals surface area contributed by atoms with Gasteiger partial charge in [0.1, 0.15) is 5.76 Å². The van der Waals surface area contributed by atoms with E-state index in [-0.39, 0.29) is 18.3 Å². The molecule has 2 amide bonds. The monoisotopic (exact) mass is 358 g/mol. The molecule has 2 rings (SSSR count). The summed E-state index contributed by atoms with van der Waals surface area (Å²) in [5, 5.41) is 15.9. The molecule has 0 aliphatic heterocycles. The molecular formula is C12H11BrN2O4S. The van der Waals surface area contributed by atoms with Crippen molar-refractivity contribution < 1.29 is 19.1 Å². The summed E-state index contributed by atoms with van der Waals surface area (Å²) in [6.07, 6.45) is 0. The molecule has 2 aromatic heterocycles. The number of carbonyl (C=O) groups is 2. The van der Waals surface area contributed by atoms with Crippen LogP contribution < -0.4 is 10.6 Å². The molecule has 0 aliphatic rings. The summed E-state index contributed by atoms with van der Waals surface area (Å²) >= 11 is 4.88. The summed E-state index contributed by atoms with van der Waals surface area (Å²) in [5.41, 5.74) is 0. The van der Waals surface area contributed by atoms with E-state index in [1.165, 1.54) is 23.5 Å². The van der Waals surface area contributed by atoms with Crippen LogP contribution in [0.2, 0.25) is 0 Å². The zero-order valence-electron chi connectivity index (χ0n) is 10.2. The van der Waals surface area contributed by atoms with Crippen molar-refractivity contribution in [2.24, 2.45) is 0 Å². The number of nitrogens with one attached hydrogen (secondary N) is 2. The summed E-state index contributed by atoms with van der Waals surface area (Å²) in [6.45, 7) is 0.563. The molecule has 0 saturated carbocycles. The highest BCUT2D eigenvalue weighted by molar-refractivity contribution is 9.10. The Bertz CT molecular complexity index is 623. The van der Waals surface area contributed by atoms with Crippen molar-refractivity contribution in [3.05, 3.63) is 44.4 Å². The molecule has 6 nitrogen and oxygen atoms in total. The Balaban J connectivity index is 1.75. The van der Waals surface area contributed by atoms with Crippen molar-refractivity contribution in [3.8, 4) is 0 Å². The number of halogens is 1. The molecule has 0 bridgehead atoms. The van der Waals surface area contributed by atoms with Crippen LogP contribution in [0.5, 0.6) is 0 Å². The van der Waals surface area contributed by atoms with Gasteiger partial charge in [-0.1, -0.05) is 0 Å². The highest BCUT2D eigenvalue weighted by Crippen LogP contribution is 2.19. The first kappa shape index (κ1) is 14.6. The fourth-order valence-corrected chi connectivity index (χ4v) is 2.82. The molecule has 0 radical (unpaired) electrons. The van der Waals surface area contributed by atoms with Crippen LogP contribution in [-0.4, -0.2) is 17.1 Å². The van der Waals surface area contributed by atoms with Crippen LogP contribution in [0.1, 0.15) is 21.2 Å². The molecule has 20 heavy (non-hydrogen) atoms. The SMILES string of the molecule is O=C(NCc1ccc(C(=O)O)o1)NCc1cc(Br)cs1. The van der Waals surface area contributed by atoms with Gasteiger partial charge in [-0.25, -0.2) is 9.59 Å². The van der Waals surface area contributed by atoms with Crippen molar-refractivity contribution in [1.29, 1.82) is 0 Å². The van der Waals surface area contributed by atoms with E-state index in [0.29, 0.717) is 12.3 Å². The minimum atomic E-state index is -1.14. The number of hydrogen-bond acceptors (Lipinski definition) is 4. The Morgan fingerprint density at radius 2 is 2.05 bits per heavy atom. The molecule has 0 atom stereocenters. The maximum Gasteiger partial charge on any atom is 0.371 e. The minimum Gasteiger partial charge on any atom is -0.475 e. The number of hydrogen-bond donors (Lipinski definition) is 3. The van der Waals surface area contributed by atoms with Crippen LogP contribution in [0.25, 0.3) is 0 Å². The van der Waals surface area contributed by atoms with Crippen molar-refractivity contribution in [3.63, 3.8) is 0 Å². The molecule has 106 valence electrons. The number of carboxylic acids is 1. The first-order valence-electron chi connectivity index (χ1n) is 5.61. The Kier molecular flexibility index (Phi) is 4.80. The van der Waals surface area contributed by atoms with E-state index in [9.17, 15) is 9.59 Å². The molecule has 8 heteroatoms. The van der Waals surface area contributed by atoms with Gasteiger partial charge in [-0.05, 0) is 34.1 Å². The van der Waals surface area contributed by atoms with Gasteiger partial charge >= 0.3 is 12.0 Å². The lowest BCUT2D eigenvalue weighted by molar-refractivity contribution is 0.0660. The maximum absolute atomic E-state index is 11.5. The maximum atomic E-state index is 11.5. The summed E-state index contributed by atoms with van der Waals surface area (Å²) in [7, 11) is 0. The lowest BCUT2D eigenvalue weighted by Crippen LogP contribution is -2.34. The zero-order chi connectivity index (χ0) is 14.5. The minimum absolute atomic E-state index is 0.132. The lowest BCUT2D eigenvalue weighted by atomic mass is 10.4. The van der Waals surface area contributed by atoms with Crippen LogP contribution in [-0.2, 0) is 13.1 Å². The third-order valence-electron chi connectivity index (χ3n) is 2.34. The predicted octanol–water partition coefficient (Wildman–Crippen LogP) is 2.80. The summed E-state index contributed by atoms with van der Waals surface area (Å²) in [4.78, 5) is 23.2. The van der Waals surface area contributed by atoms with E-state index < -0.39 is 5.97 Å². The zero-order valence-corrected chi connectivity index (χ0v) is 12.6. The van der Waals surface area contributed by atoms with Gasteiger partial charge in [0.2, 0.25) is 5.76 Å². The van der Waals surface area contributed by atoms with E-state index in [4.69, 9.17) is 9.52 Å². The largest absolute Gasteiger partial charge is 0.475 e. The van der Waals surface area contributed by atoms with Gasteiger partial charge < -0.3 is 20.2 Å². The smallest absolute Gasteiger partial charge is 0.371 e. The standard InChI is InChI=1S/C12H11BrN2O4S/c13-7-3-9(20-6-7)5-15-12(18)14-4-8-1-2-10(19-8)11(16)17/h1-3,6H,4-5H2,(H,16,17)(H2,14,15,18). The molecule has 0 aromatic carbocycles. The topological polar surface area (TPSA) is 91.6 Å². The van der Waals surface area contributed by atoms with Gasteiger partial charge in [-0.2, -0.15) is 0 Å². The molecule has 2 heterocycles. The lowest BCUT2D eigenvalue weighted by Gasteiger charge is -2.04. The van der Waals surface area contributed by atoms with E-state index in [2.05, 4.69) is 26.6 Å². The highest BCUT2D eigenvalue weighted by atomic mass is 79.9. The van der Waals surface area contributed by atoms with Crippen molar-refractivity contribution in [2.45, 2.75) is 13.1 Å². The number of urea groups is 1. The molecule has 3 N–H and O–H groups in total. The Hall–Kier alpha value is -1.80. The quantitative estimate of drug-likeness (QED) is 0.766. The summed E-state index contributed by atoms with van der Waals surface area (Å²) in [5.74, 6) is -0.897. The first-order chi connectivity index (χ1) is 9.54. The Labute approximate surface area is 126 Å². The van der Waals surface area contributed by atoms with Gasteiger partial charge in [0, 0.05) is 14.7 Å². The second-order valence-electron chi connectivity index (χ2n) is 3.84. The number of amides is 2. The second kappa shape index (κ2) is 6.58. The molecule has 0 aliphatic carbocycles. The van der Waals surface area contributed by atoms with E-state index in [1.54, 1.807) is 0 Å². The van der Waals surface area contributed by atoms with E-state index in [0.717, 1.165) is 9.35 Å². The third kappa shape index (κ3) is 4.10. The summed E-state index contributed by atoms with van der Waals surface area (Å²) in [6, 6.07) is 4.44. The fourth-order valence-electron chi connectivity index (χ4n) is 1.43. The van der Waals surface area contributed by atoms with Crippen molar-refractivity contribution in [2.75, 3.05) is 0 Å².